The first-order valence-electron chi connectivity index (χ1n) is 5.12. The lowest BCUT2D eigenvalue weighted by Crippen LogP contribution is -1.87. The number of nitrogen functional groups attached to an aromatic ring is 1. The Hall–Kier alpha value is -2.41. The second kappa shape index (κ2) is 3.81. The number of aromatic nitrogens is 2. The Kier molecular flexibility index (Phi) is 2.27. The monoisotopic (exact) mass is 260 g/mol. The molecule has 3 N–H and O–H groups in total. The van der Waals surface area contributed by atoms with Crippen molar-refractivity contribution in [2.24, 2.45) is 0 Å². The zero-order valence-corrected chi connectivity index (χ0v) is 9.90. The van der Waals surface area contributed by atoms with Crippen molar-refractivity contribution in [3.8, 4) is 11.3 Å². The van der Waals surface area contributed by atoms with E-state index in [1.807, 2.05) is 5.38 Å². The number of nitro groups is 1. The highest BCUT2D eigenvalue weighted by atomic mass is 32.1. The molecule has 6 nitrogen and oxygen atoms in total. The Morgan fingerprint density at radius 1 is 1.44 bits per heavy atom. The molecule has 0 aliphatic heterocycles. The second-order valence-corrected chi connectivity index (χ2v) is 4.65. The van der Waals surface area contributed by atoms with Gasteiger partial charge in [0, 0.05) is 40.2 Å². The van der Waals surface area contributed by atoms with Crippen LogP contribution in [-0.4, -0.2) is 14.9 Å². The van der Waals surface area contributed by atoms with Crippen molar-refractivity contribution in [2.75, 3.05) is 5.73 Å². The number of benzene rings is 1. The van der Waals surface area contributed by atoms with E-state index in [0.717, 1.165) is 22.2 Å². The molecule has 2 aromatic heterocycles. The minimum absolute atomic E-state index is 0.0616. The molecule has 0 unspecified atom stereocenters. The summed E-state index contributed by atoms with van der Waals surface area (Å²) >= 11 is 1.34. The molecule has 0 saturated heterocycles. The minimum atomic E-state index is -0.411. The molecule has 0 bridgehead atoms. The summed E-state index contributed by atoms with van der Waals surface area (Å²) < 4.78 is 0. The van der Waals surface area contributed by atoms with Gasteiger partial charge in [0.05, 0.1) is 10.6 Å². The van der Waals surface area contributed by atoms with Crippen LogP contribution in [-0.2, 0) is 0 Å². The molecule has 0 radical (unpaired) electrons. The predicted octanol–water partition coefficient (Wildman–Crippen LogP) is 2.78. The fourth-order valence-corrected chi connectivity index (χ4v) is 2.41. The Morgan fingerprint density at radius 2 is 2.28 bits per heavy atom. The van der Waals surface area contributed by atoms with Gasteiger partial charge >= 0.3 is 0 Å². The van der Waals surface area contributed by atoms with Crippen LogP contribution in [0.1, 0.15) is 0 Å². The Balaban J connectivity index is 2.23. The highest BCUT2D eigenvalue weighted by Gasteiger charge is 2.13. The summed E-state index contributed by atoms with van der Waals surface area (Å²) in [5.74, 6) is 0. The third-order valence-electron chi connectivity index (χ3n) is 2.67. The summed E-state index contributed by atoms with van der Waals surface area (Å²) in [6.45, 7) is 0. The number of nitrogens with zero attached hydrogens (tertiary/aromatic N) is 2. The average molecular weight is 260 g/mol. The molecule has 90 valence electrons. The molecule has 0 atom stereocenters. The largest absolute Gasteiger partial charge is 0.375 e. The molecule has 0 aliphatic rings. The van der Waals surface area contributed by atoms with Crippen LogP contribution in [0, 0.1) is 10.1 Å². The standard InChI is InChI=1S/C11H8N4O2S/c12-11-14-10(5-18-11)8-4-13-9-2-1-6(15(16)17)3-7(8)9/h1-5,13H,(H2,12,14). The molecule has 2 heterocycles. The van der Waals surface area contributed by atoms with Gasteiger partial charge in [0.15, 0.2) is 5.13 Å². The van der Waals surface area contributed by atoms with E-state index in [4.69, 9.17) is 5.73 Å². The molecule has 0 spiro atoms. The number of thiazole rings is 1. The van der Waals surface area contributed by atoms with Crippen molar-refractivity contribution in [1.82, 2.24) is 9.97 Å². The van der Waals surface area contributed by atoms with E-state index in [2.05, 4.69) is 9.97 Å². The van der Waals surface area contributed by atoms with Crippen LogP contribution in [0.5, 0.6) is 0 Å². The van der Waals surface area contributed by atoms with E-state index in [0.29, 0.717) is 5.13 Å². The van der Waals surface area contributed by atoms with Crippen LogP contribution in [0.15, 0.2) is 29.8 Å². The first-order valence-corrected chi connectivity index (χ1v) is 6.00. The summed E-state index contributed by atoms with van der Waals surface area (Å²) in [7, 11) is 0. The number of fused-ring (bicyclic) bond motifs is 1. The van der Waals surface area contributed by atoms with Crippen LogP contribution in [0.2, 0.25) is 0 Å². The van der Waals surface area contributed by atoms with E-state index in [1.165, 1.54) is 23.5 Å². The lowest BCUT2D eigenvalue weighted by atomic mass is 10.1. The zero-order chi connectivity index (χ0) is 12.7. The molecule has 0 aliphatic carbocycles. The van der Waals surface area contributed by atoms with Crippen molar-refractivity contribution < 1.29 is 4.92 Å². The number of H-pyrrole nitrogens is 1. The van der Waals surface area contributed by atoms with Crippen molar-refractivity contribution in [1.29, 1.82) is 0 Å². The van der Waals surface area contributed by atoms with Crippen LogP contribution in [0.25, 0.3) is 22.2 Å². The number of rotatable bonds is 2. The summed E-state index contributed by atoms with van der Waals surface area (Å²) in [5, 5.41) is 13.9. The van der Waals surface area contributed by atoms with Crippen molar-refractivity contribution in [2.45, 2.75) is 0 Å². The van der Waals surface area contributed by atoms with Crippen LogP contribution < -0.4 is 5.73 Å². The molecule has 18 heavy (non-hydrogen) atoms. The number of anilines is 1. The van der Waals surface area contributed by atoms with Gasteiger partial charge in [-0.3, -0.25) is 10.1 Å². The zero-order valence-electron chi connectivity index (χ0n) is 9.08. The first-order chi connectivity index (χ1) is 8.65. The normalized spacial score (nSPS) is 10.9. The number of hydrogen-bond donors (Lipinski definition) is 2. The third-order valence-corrected chi connectivity index (χ3v) is 3.35. The quantitative estimate of drug-likeness (QED) is 0.546. The molecule has 0 fully saturated rings. The van der Waals surface area contributed by atoms with Gasteiger partial charge in [0.1, 0.15) is 0 Å². The van der Waals surface area contributed by atoms with Crippen molar-refractivity contribution in [3.63, 3.8) is 0 Å². The molecular weight excluding hydrogens is 252 g/mol. The molecule has 1 aromatic carbocycles. The van der Waals surface area contributed by atoms with Gasteiger partial charge in [-0.15, -0.1) is 11.3 Å². The van der Waals surface area contributed by atoms with E-state index in [-0.39, 0.29) is 5.69 Å². The van der Waals surface area contributed by atoms with Crippen molar-refractivity contribution in [3.05, 3.63) is 39.9 Å². The maximum absolute atomic E-state index is 10.8. The maximum Gasteiger partial charge on any atom is 0.270 e. The molecule has 7 heteroatoms. The minimum Gasteiger partial charge on any atom is -0.375 e. The van der Waals surface area contributed by atoms with Crippen molar-refractivity contribution >= 4 is 33.1 Å². The van der Waals surface area contributed by atoms with Gasteiger partial charge < -0.3 is 10.7 Å². The highest BCUT2D eigenvalue weighted by molar-refractivity contribution is 7.13. The van der Waals surface area contributed by atoms with Crippen LogP contribution in [0.3, 0.4) is 0 Å². The second-order valence-electron chi connectivity index (χ2n) is 3.76. The average Bonchev–Trinajstić information content (AvgIpc) is 2.93. The molecular formula is C11H8N4O2S. The topological polar surface area (TPSA) is 97.8 Å². The maximum atomic E-state index is 10.8. The first kappa shape index (κ1) is 10.7. The lowest BCUT2D eigenvalue weighted by Gasteiger charge is -1.95. The van der Waals surface area contributed by atoms with E-state index in [9.17, 15) is 10.1 Å². The highest BCUT2D eigenvalue weighted by Crippen LogP contribution is 2.32. The van der Waals surface area contributed by atoms with E-state index < -0.39 is 4.92 Å². The van der Waals surface area contributed by atoms with Crippen LogP contribution >= 0.6 is 11.3 Å². The fourth-order valence-electron chi connectivity index (χ4n) is 1.85. The Bertz CT molecular complexity index is 746. The van der Waals surface area contributed by atoms with Gasteiger partial charge in [-0.1, -0.05) is 0 Å². The van der Waals surface area contributed by atoms with E-state index in [1.54, 1.807) is 12.3 Å². The number of non-ortho nitro benzene ring substituents is 1. The van der Waals surface area contributed by atoms with Gasteiger partial charge in [0.2, 0.25) is 0 Å². The third kappa shape index (κ3) is 1.61. The van der Waals surface area contributed by atoms with Gasteiger partial charge in [-0.2, -0.15) is 0 Å². The summed E-state index contributed by atoms with van der Waals surface area (Å²) in [5.41, 5.74) is 8.04. The summed E-state index contributed by atoms with van der Waals surface area (Å²) in [6, 6.07) is 4.70. The Morgan fingerprint density at radius 3 is 2.94 bits per heavy atom. The molecule has 0 saturated carbocycles. The number of nitrogens with one attached hydrogen (secondary N) is 1. The van der Waals surface area contributed by atoms with Gasteiger partial charge in [0.25, 0.3) is 5.69 Å². The predicted molar refractivity (Wildman–Crippen MR) is 70.5 cm³/mol. The Labute approximate surface area is 105 Å². The number of nitrogens with two attached hydrogens (primary N) is 1. The lowest BCUT2D eigenvalue weighted by molar-refractivity contribution is -0.384. The number of nitro benzene ring substituents is 1. The van der Waals surface area contributed by atoms with Crippen LogP contribution in [0.4, 0.5) is 10.8 Å². The van der Waals surface area contributed by atoms with Gasteiger partial charge in [-0.25, -0.2) is 4.98 Å². The molecule has 3 rings (SSSR count). The number of hydrogen-bond acceptors (Lipinski definition) is 5. The van der Waals surface area contributed by atoms with Gasteiger partial charge in [-0.05, 0) is 6.07 Å². The molecule has 0 amide bonds. The SMILES string of the molecule is Nc1nc(-c2c[nH]c3ccc([N+](=O)[O-])cc23)cs1. The smallest absolute Gasteiger partial charge is 0.270 e. The molecule has 3 aromatic rings. The summed E-state index contributed by atoms with van der Waals surface area (Å²) in [4.78, 5) is 17.6. The number of aromatic amines is 1. The fraction of sp³-hybridized carbons (Fsp3) is 0. The summed E-state index contributed by atoms with van der Waals surface area (Å²) in [6.07, 6.45) is 1.78. The van der Waals surface area contributed by atoms with E-state index >= 15 is 0 Å².